The van der Waals surface area contributed by atoms with Crippen LogP contribution in [0, 0.1) is 0 Å². The zero-order valence-electron chi connectivity index (χ0n) is 41.6. The molecular formula is C63H56ClN3O9. The van der Waals surface area contributed by atoms with Crippen molar-refractivity contribution in [1.82, 2.24) is 0 Å². The molecule has 12 nitrogen and oxygen atoms in total. The van der Waals surface area contributed by atoms with Crippen LogP contribution in [0.4, 0.5) is 5.69 Å². The third kappa shape index (κ3) is 14.4. The summed E-state index contributed by atoms with van der Waals surface area (Å²) in [7, 11) is 0. The Labute approximate surface area is 447 Å². The second kappa shape index (κ2) is 27.0. The lowest BCUT2D eigenvalue weighted by Gasteiger charge is -2.46. The number of hydrogen-bond donors (Lipinski definition) is 1. The van der Waals surface area contributed by atoms with E-state index in [0.717, 1.165) is 33.4 Å². The van der Waals surface area contributed by atoms with Crippen LogP contribution in [0.1, 0.15) is 61.0 Å². The van der Waals surface area contributed by atoms with E-state index in [0.29, 0.717) is 16.3 Å². The Bertz CT molecular complexity index is 3170. The van der Waals surface area contributed by atoms with Gasteiger partial charge in [-0.15, -0.1) is 0 Å². The molecule has 1 fully saturated rings. The average molecular weight is 1030 g/mol. The molecule has 0 saturated carbocycles. The number of allylic oxidation sites excluding steroid dienone is 1. The fourth-order valence-corrected chi connectivity index (χ4v) is 8.97. The SMILES string of the molecule is [N-]=[N+]=Nc1ccc(CO[C@@H]2[C@@H](OCc3ccccc3)[C@H](OCc3ccccc3)[C@@H](COCc3ccccc3)O[C@H]2c2c(OCc3ccccc3)cc(OCc3ccccc3)c(C(=O)/C=C/c3ccc(Cl)cc3)c2O)cc1. The van der Waals surface area contributed by atoms with E-state index in [9.17, 15) is 9.90 Å². The Hall–Kier alpha value is -8.03. The molecule has 0 unspecified atom stereocenters. The van der Waals surface area contributed by atoms with Crippen molar-refractivity contribution >= 4 is 29.1 Å². The number of ether oxygens (including phenoxy) is 7. The van der Waals surface area contributed by atoms with Gasteiger partial charge in [0, 0.05) is 21.7 Å². The first-order valence-corrected chi connectivity index (χ1v) is 25.3. The standard InChI is InChI=1S/C63H56ClN3O9/c64-51-31-26-44(27-32-51)30-35-53(68)57-54(71-38-46-18-8-2-9-19-46)36-55(72-39-47-20-10-3-11-21-47)58(59(57)69)61-63(75-42-50-28-33-52(34-29-50)66-67-65)62(74-41-49-24-14-5-15-25-49)60(73-40-48-22-12-4-13-23-48)56(76-61)43-70-37-45-16-6-1-7-17-45/h1-36,56,60-63,69H,37-43H2/b35-30+/t56-,60-,61+,62+,63+/m1/s1. The van der Waals surface area contributed by atoms with Gasteiger partial charge in [-0.1, -0.05) is 211 Å². The minimum atomic E-state index is -1.22. The molecule has 1 aliphatic rings. The summed E-state index contributed by atoms with van der Waals surface area (Å²) in [5.74, 6) is -0.736. The summed E-state index contributed by atoms with van der Waals surface area (Å²) in [6, 6.07) is 64.3. The van der Waals surface area contributed by atoms with Gasteiger partial charge in [0.1, 0.15) is 66.5 Å². The number of benzene rings is 8. The minimum Gasteiger partial charge on any atom is -0.506 e. The van der Waals surface area contributed by atoms with Crippen LogP contribution in [-0.4, -0.2) is 41.9 Å². The summed E-state index contributed by atoms with van der Waals surface area (Å²) < 4.78 is 48.3. The lowest BCUT2D eigenvalue weighted by atomic mass is 9.87. The molecule has 9 rings (SSSR count). The van der Waals surface area contributed by atoms with E-state index >= 15 is 0 Å². The highest BCUT2D eigenvalue weighted by Gasteiger charge is 2.51. The van der Waals surface area contributed by atoms with E-state index in [4.69, 9.17) is 50.3 Å². The van der Waals surface area contributed by atoms with Gasteiger partial charge in [-0.3, -0.25) is 4.79 Å². The van der Waals surface area contributed by atoms with Crippen molar-refractivity contribution < 1.29 is 43.1 Å². The van der Waals surface area contributed by atoms with Gasteiger partial charge in [-0.05, 0) is 62.7 Å². The maximum atomic E-state index is 14.9. The number of phenols is 1. The zero-order chi connectivity index (χ0) is 52.3. The third-order valence-electron chi connectivity index (χ3n) is 12.7. The van der Waals surface area contributed by atoms with Crippen molar-refractivity contribution in [1.29, 1.82) is 0 Å². The van der Waals surface area contributed by atoms with E-state index in [1.165, 1.54) is 6.08 Å². The summed E-state index contributed by atoms with van der Waals surface area (Å²) in [5, 5.41) is 17.5. The van der Waals surface area contributed by atoms with E-state index in [1.807, 2.05) is 152 Å². The van der Waals surface area contributed by atoms with Crippen LogP contribution in [0.3, 0.4) is 0 Å². The van der Waals surface area contributed by atoms with Gasteiger partial charge in [0.15, 0.2) is 5.78 Å². The molecule has 8 aromatic rings. The second-order valence-corrected chi connectivity index (χ2v) is 18.5. The topological polar surface area (TPSA) is 151 Å². The first kappa shape index (κ1) is 52.8. The average Bonchev–Trinajstić information content (AvgIpc) is 3.46. The molecule has 1 N–H and O–H groups in total. The number of rotatable bonds is 24. The third-order valence-corrected chi connectivity index (χ3v) is 13.0. The zero-order valence-corrected chi connectivity index (χ0v) is 42.3. The maximum absolute atomic E-state index is 14.9. The van der Waals surface area contributed by atoms with Crippen molar-refractivity contribution in [3.8, 4) is 17.2 Å². The molecule has 8 aromatic carbocycles. The monoisotopic (exact) mass is 1030 g/mol. The fourth-order valence-electron chi connectivity index (χ4n) is 8.84. The lowest BCUT2D eigenvalue weighted by Crippen LogP contribution is -2.58. The van der Waals surface area contributed by atoms with Crippen LogP contribution in [0.25, 0.3) is 16.5 Å². The highest BCUT2D eigenvalue weighted by Crippen LogP contribution is 2.49. The molecule has 0 bridgehead atoms. The van der Waals surface area contributed by atoms with Crippen molar-refractivity contribution in [3.05, 3.63) is 278 Å². The molecule has 1 saturated heterocycles. The van der Waals surface area contributed by atoms with Gasteiger partial charge < -0.3 is 38.3 Å². The molecule has 5 atom stereocenters. The van der Waals surface area contributed by atoms with Crippen LogP contribution < -0.4 is 9.47 Å². The van der Waals surface area contributed by atoms with Gasteiger partial charge >= 0.3 is 0 Å². The molecule has 13 heteroatoms. The fraction of sp³-hybridized carbons (Fsp3) is 0.190. The van der Waals surface area contributed by atoms with E-state index in [2.05, 4.69) is 10.0 Å². The summed E-state index contributed by atoms with van der Waals surface area (Å²) in [4.78, 5) is 17.8. The molecule has 1 heterocycles. The van der Waals surface area contributed by atoms with Crippen LogP contribution in [-0.2, 0) is 63.3 Å². The van der Waals surface area contributed by atoms with Gasteiger partial charge in [0.25, 0.3) is 0 Å². The highest BCUT2D eigenvalue weighted by atomic mass is 35.5. The molecule has 0 radical (unpaired) electrons. The van der Waals surface area contributed by atoms with Crippen LogP contribution in [0.5, 0.6) is 17.2 Å². The first-order chi connectivity index (χ1) is 37.4. The molecular weight excluding hydrogens is 978 g/mol. The van der Waals surface area contributed by atoms with Gasteiger partial charge in [0.05, 0.1) is 38.6 Å². The number of hydrogen-bond acceptors (Lipinski definition) is 10. The Morgan fingerprint density at radius 3 is 1.55 bits per heavy atom. The molecule has 76 heavy (non-hydrogen) atoms. The summed E-state index contributed by atoms with van der Waals surface area (Å²) in [6.45, 7) is 0.791. The van der Waals surface area contributed by atoms with Crippen molar-refractivity contribution in [2.45, 2.75) is 70.2 Å². The molecule has 0 amide bonds. The van der Waals surface area contributed by atoms with Gasteiger partial charge in [0.2, 0.25) is 0 Å². The predicted molar refractivity (Wildman–Crippen MR) is 292 cm³/mol. The minimum absolute atomic E-state index is 0.0156. The van der Waals surface area contributed by atoms with Gasteiger partial charge in [-0.2, -0.15) is 0 Å². The lowest BCUT2D eigenvalue weighted by molar-refractivity contribution is -0.275. The van der Waals surface area contributed by atoms with Crippen LogP contribution in [0.15, 0.2) is 217 Å². The second-order valence-electron chi connectivity index (χ2n) is 18.1. The van der Waals surface area contributed by atoms with Crippen molar-refractivity contribution in [3.63, 3.8) is 0 Å². The number of carbonyl (C=O) groups excluding carboxylic acids is 1. The number of aromatic hydroxyl groups is 1. The first-order valence-electron chi connectivity index (χ1n) is 24.9. The predicted octanol–water partition coefficient (Wildman–Crippen LogP) is 14.5. The Morgan fingerprint density at radius 1 is 0.566 bits per heavy atom. The largest absolute Gasteiger partial charge is 0.506 e. The van der Waals surface area contributed by atoms with E-state index in [1.54, 1.807) is 60.7 Å². The van der Waals surface area contributed by atoms with Crippen molar-refractivity contribution in [2.24, 2.45) is 5.11 Å². The Morgan fingerprint density at radius 2 is 1.03 bits per heavy atom. The summed E-state index contributed by atoms with van der Waals surface area (Å²) in [5.41, 5.74) is 15.5. The van der Waals surface area contributed by atoms with Gasteiger partial charge in [-0.25, -0.2) is 0 Å². The Kier molecular flexibility index (Phi) is 18.7. The number of azide groups is 1. The van der Waals surface area contributed by atoms with Crippen LogP contribution >= 0.6 is 11.6 Å². The van der Waals surface area contributed by atoms with E-state index < -0.39 is 42.1 Å². The number of nitrogens with zero attached hydrogens (tertiary/aromatic N) is 3. The molecule has 0 aromatic heterocycles. The van der Waals surface area contributed by atoms with Crippen LogP contribution in [0.2, 0.25) is 5.02 Å². The molecule has 1 aliphatic heterocycles. The highest BCUT2D eigenvalue weighted by molar-refractivity contribution is 6.30. The Balaban J connectivity index is 1.21. The van der Waals surface area contributed by atoms with Crippen molar-refractivity contribution in [2.75, 3.05) is 6.61 Å². The summed E-state index contributed by atoms with van der Waals surface area (Å²) in [6.07, 6.45) is -1.86. The molecule has 384 valence electrons. The smallest absolute Gasteiger partial charge is 0.193 e. The quantitative estimate of drug-likeness (QED) is 0.0205. The molecule has 0 spiro atoms. The maximum Gasteiger partial charge on any atom is 0.193 e. The number of ketones is 1. The molecule has 0 aliphatic carbocycles. The van der Waals surface area contributed by atoms with E-state index in [-0.39, 0.29) is 68.9 Å². The number of halogens is 1. The number of phenolic OH excluding ortho intramolecular Hbond substituents is 1. The summed E-state index contributed by atoms with van der Waals surface area (Å²) >= 11 is 6.22. The number of carbonyl (C=O) groups is 1. The normalized spacial score (nSPS) is 17.2.